The van der Waals surface area contributed by atoms with Crippen LogP contribution in [-0.2, 0) is 13.6 Å². The van der Waals surface area contributed by atoms with Crippen LogP contribution in [0.1, 0.15) is 12.5 Å². The standard InChI is InChI=1S/C13H18BrN5OS/c1-3-20-12-5-4-11(14)8-10(12)9-15-6-7-21-13-16-17-18-19(13)2/h4-5,8,15H,3,6-7,9H2,1-2H3/p+1. The lowest BCUT2D eigenvalue weighted by atomic mass is 10.2. The van der Waals surface area contributed by atoms with E-state index in [1.807, 2.05) is 26.1 Å². The number of benzene rings is 1. The van der Waals surface area contributed by atoms with E-state index in [9.17, 15) is 0 Å². The summed E-state index contributed by atoms with van der Waals surface area (Å²) in [6.45, 7) is 4.58. The zero-order chi connectivity index (χ0) is 15.1. The Morgan fingerprint density at radius 3 is 3.00 bits per heavy atom. The monoisotopic (exact) mass is 372 g/mol. The second-order valence-corrected chi connectivity index (χ2v) is 6.38. The predicted molar refractivity (Wildman–Crippen MR) is 85.3 cm³/mol. The number of thioether (sulfide) groups is 1. The molecule has 0 amide bonds. The first-order valence-electron chi connectivity index (χ1n) is 6.78. The molecular weight excluding hydrogens is 354 g/mol. The van der Waals surface area contributed by atoms with E-state index in [1.54, 1.807) is 16.4 Å². The summed E-state index contributed by atoms with van der Waals surface area (Å²) in [6.07, 6.45) is 0. The van der Waals surface area contributed by atoms with Crippen molar-refractivity contribution in [2.45, 2.75) is 18.6 Å². The summed E-state index contributed by atoms with van der Waals surface area (Å²) in [6, 6.07) is 6.13. The van der Waals surface area contributed by atoms with Gasteiger partial charge in [0.1, 0.15) is 12.3 Å². The molecule has 6 nitrogen and oxygen atoms in total. The van der Waals surface area contributed by atoms with E-state index < -0.39 is 0 Å². The topological polar surface area (TPSA) is 69.4 Å². The van der Waals surface area contributed by atoms with Gasteiger partial charge in [-0.3, -0.25) is 0 Å². The average Bonchev–Trinajstić information content (AvgIpc) is 2.87. The van der Waals surface area contributed by atoms with Crippen molar-refractivity contribution in [3.63, 3.8) is 0 Å². The van der Waals surface area contributed by atoms with Crippen LogP contribution in [0.25, 0.3) is 0 Å². The van der Waals surface area contributed by atoms with Gasteiger partial charge in [-0.15, -0.1) is 5.10 Å². The molecule has 2 aromatic rings. The number of nitrogens with zero attached hydrogens (tertiary/aromatic N) is 4. The van der Waals surface area contributed by atoms with Gasteiger partial charge in [-0.25, -0.2) is 4.68 Å². The zero-order valence-electron chi connectivity index (χ0n) is 12.1. The van der Waals surface area contributed by atoms with Gasteiger partial charge in [0.25, 0.3) is 0 Å². The molecule has 0 atom stereocenters. The Hall–Kier alpha value is -1.12. The molecule has 0 saturated heterocycles. The number of nitrogens with two attached hydrogens (primary N) is 1. The van der Waals surface area contributed by atoms with Gasteiger partial charge >= 0.3 is 0 Å². The molecule has 21 heavy (non-hydrogen) atoms. The van der Waals surface area contributed by atoms with E-state index in [2.05, 4.69) is 42.8 Å². The van der Waals surface area contributed by atoms with E-state index >= 15 is 0 Å². The number of tetrazole rings is 1. The molecular formula is C13H19BrN5OS+. The maximum atomic E-state index is 5.65. The van der Waals surface area contributed by atoms with Crippen LogP contribution in [0.15, 0.2) is 27.8 Å². The minimum atomic E-state index is 0.684. The molecule has 0 spiro atoms. The SMILES string of the molecule is CCOc1ccc(Br)cc1C[NH2+]CCSc1nnnn1C. The molecule has 2 N–H and O–H groups in total. The normalized spacial score (nSPS) is 10.8. The van der Waals surface area contributed by atoms with Crippen LogP contribution in [0.2, 0.25) is 0 Å². The summed E-state index contributed by atoms with van der Waals surface area (Å²) in [5.74, 6) is 1.92. The number of halogens is 1. The third kappa shape index (κ3) is 4.98. The Morgan fingerprint density at radius 1 is 1.43 bits per heavy atom. The molecule has 0 radical (unpaired) electrons. The lowest BCUT2D eigenvalue weighted by Gasteiger charge is -2.09. The lowest BCUT2D eigenvalue weighted by molar-refractivity contribution is -0.666. The minimum absolute atomic E-state index is 0.684. The maximum absolute atomic E-state index is 5.65. The van der Waals surface area contributed by atoms with Crippen molar-refractivity contribution in [1.29, 1.82) is 0 Å². The summed E-state index contributed by atoms with van der Waals surface area (Å²) >= 11 is 5.17. The molecule has 0 unspecified atom stereocenters. The van der Waals surface area contributed by atoms with Crippen LogP contribution in [0, 0.1) is 0 Å². The quantitative estimate of drug-likeness (QED) is 0.557. The molecule has 0 bridgehead atoms. The second-order valence-electron chi connectivity index (χ2n) is 4.40. The van der Waals surface area contributed by atoms with Crippen molar-refractivity contribution in [1.82, 2.24) is 20.2 Å². The van der Waals surface area contributed by atoms with Crippen LogP contribution < -0.4 is 10.1 Å². The van der Waals surface area contributed by atoms with Crippen LogP contribution in [0.4, 0.5) is 0 Å². The fourth-order valence-corrected chi connectivity index (χ4v) is 3.03. The number of aryl methyl sites for hydroxylation is 1. The predicted octanol–water partition coefficient (Wildman–Crippen LogP) is 1.23. The third-order valence-electron chi connectivity index (χ3n) is 2.82. The summed E-state index contributed by atoms with van der Waals surface area (Å²) in [5, 5.41) is 14.5. The summed E-state index contributed by atoms with van der Waals surface area (Å²) in [7, 11) is 1.85. The van der Waals surface area contributed by atoms with Crippen molar-refractivity contribution in [2.24, 2.45) is 7.05 Å². The number of rotatable bonds is 8. The largest absolute Gasteiger partial charge is 0.493 e. The van der Waals surface area contributed by atoms with E-state index in [1.165, 1.54) is 5.56 Å². The fourth-order valence-electron chi connectivity index (χ4n) is 1.84. The molecule has 0 aliphatic rings. The van der Waals surface area contributed by atoms with Gasteiger partial charge in [-0.2, -0.15) is 0 Å². The molecule has 8 heteroatoms. The van der Waals surface area contributed by atoms with Crippen molar-refractivity contribution >= 4 is 27.7 Å². The molecule has 114 valence electrons. The third-order valence-corrected chi connectivity index (χ3v) is 4.36. The van der Waals surface area contributed by atoms with Gasteiger partial charge in [-0.1, -0.05) is 27.7 Å². The number of ether oxygens (including phenoxy) is 1. The van der Waals surface area contributed by atoms with Gasteiger partial charge in [0.2, 0.25) is 5.16 Å². The summed E-state index contributed by atoms with van der Waals surface area (Å²) < 4.78 is 8.41. The number of quaternary nitrogens is 1. The smallest absolute Gasteiger partial charge is 0.209 e. The van der Waals surface area contributed by atoms with Crippen LogP contribution in [0.5, 0.6) is 5.75 Å². The van der Waals surface area contributed by atoms with Gasteiger partial charge in [0.05, 0.1) is 18.9 Å². The first kappa shape index (κ1) is 16.3. The molecule has 1 heterocycles. The highest BCUT2D eigenvalue weighted by Gasteiger charge is 2.07. The highest BCUT2D eigenvalue weighted by Crippen LogP contribution is 2.22. The summed E-state index contributed by atoms with van der Waals surface area (Å²) in [5.41, 5.74) is 1.21. The van der Waals surface area contributed by atoms with Crippen molar-refractivity contribution in [3.05, 3.63) is 28.2 Å². The summed E-state index contributed by atoms with van der Waals surface area (Å²) in [4.78, 5) is 0. The van der Waals surface area contributed by atoms with E-state index in [4.69, 9.17) is 4.74 Å². The average molecular weight is 373 g/mol. The molecule has 1 aromatic carbocycles. The zero-order valence-corrected chi connectivity index (χ0v) is 14.5. The minimum Gasteiger partial charge on any atom is -0.493 e. The first-order chi connectivity index (χ1) is 10.2. The Morgan fingerprint density at radius 2 is 2.29 bits per heavy atom. The van der Waals surface area contributed by atoms with Gasteiger partial charge in [0, 0.05) is 17.1 Å². The molecule has 0 aliphatic heterocycles. The molecule has 0 fully saturated rings. The Balaban J connectivity index is 1.78. The van der Waals surface area contributed by atoms with Gasteiger partial charge in [-0.05, 0) is 35.5 Å². The number of hydrogen-bond acceptors (Lipinski definition) is 5. The molecule has 2 rings (SSSR count). The highest BCUT2D eigenvalue weighted by molar-refractivity contribution is 9.10. The fraction of sp³-hybridized carbons (Fsp3) is 0.462. The Bertz CT molecular complexity index is 577. The highest BCUT2D eigenvalue weighted by atomic mass is 79.9. The van der Waals surface area contributed by atoms with Gasteiger partial charge in [0.15, 0.2) is 0 Å². The van der Waals surface area contributed by atoms with Crippen LogP contribution in [0.3, 0.4) is 0 Å². The lowest BCUT2D eigenvalue weighted by Crippen LogP contribution is -2.83. The van der Waals surface area contributed by atoms with Crippen molar-refractivity contribution in [3.8, 4) is 5.75 Å². The van der Waals surface area contributed by atoms with Gasteiger partial charge < -0.3 is 10.1 Å². The van der Waals surface area contributed by atoms with E-state index in [-0.39, 0.29) is 0 Å². The number of hydrogen-bond donors (Lipinski definition) is 1. The van der Waals surface area contributed by atoms with Crippen molar-refractivity contribution < 1.29 is 10.1 Å². The van der Waals surface area contributed by atoms with E-state index in [0.717, 1.165) is 34.2 Å². The van der Waals surface area contributed by atoms with Crippen molar-refractivity contribution in [2.75, 3.05) is 18.9 Å². The van der Waals surface area contributed by atoms with E-state index in [0.29, 0.717) is 6.61 Å². The second kappa shape index (κ2) is 8.35. The van der Waals surface area contributed by atoms with Crippen LogP contribution >= 0.6 is 27.7 Å². The Labute approximate surface area is 136 Å². The Kier molecular flexibility index (Phi) is 6.47. The molecule has 0 saturated carbocycles. The van der Waals surface area contributed by atoms with Crippen LogP contribution in [-0.4, -0.2) is 39.1 Å². The molecule has 1 aromatic heterocycles. The number of aromatic nitrogens is 4. The molecule has 0 aliphatic carbocycles. The maximum Gasteiger partial charge on any atom is 0.209 e. The first-order valence-corrected chi connectivity index (χ1v) is 8.56.